The van der Waals surface area contributed by atoms with Gasteiger partial charge in [-0.05, 0) is 18.2 Å². The van der Waals surface area contributed by atoms with E-state index in [1.807, 2.05) is 36.2 Å². The minimum Gasteiger partial charge on any atom is -0.358 e. The number of nitrogens with one attached hydrogen (secondary N) is 2. The molecule has 0 aliphatic heterocycles. The van der Waals surface area contributed by atoms with E-state index >= 15 is 0 Å². The van der Waals surface area contributed by atoms with E-state index in [-0.39, 0.29) is 18.2 Å². The molecule has 1 aromatic rings. The lowest BCUT2D eigenvalue weighted by atomic mass is 10.1. The predicted octanol–water partition coefficient (Wildman–Crippen LogP) is -0.603. The van der Waals surface area contributed by atoms with Crippen molar-refractivity contribution >= 4 is 11.8 Å². The summed E-state index contributed by atoms with van der Waals surface area (Å²) in [5.41, 5.74) is 4.09. The summed E-state index contributed by atoms with van der Waals surface area (Å²) >= 11 is 0. The molecule has 0 aliphatic carbocycles. The van der Waals surface area contributed by atoms with Crippen molar-refractivity contribution in [3.8, 4) is 0 Å². The van der Waals surface area contributed by atoms with E-state index in [0.29, 0.717) is 13.1 Å². The number of hydrogen-bond donors (Lipinski definition) is 3. The molecule has 0 aliphatic rings. The Bertz CT molecular complexity index is 431. The van der Waals surface area contributed by atoms with E-state index in [1.54, 1.807) is 7.05 Å². The van der Waals surface area contributed by atoms with Crippen LogP contribution in [0.1, 0.15) is 11.1 Å². The Morgan fingerprint density at radius 2 is 1.74 bits per heavy atom. The van der Waals surface area contributed by atoms with Gasteiger partial charge in [-0.15, -0.1) is 0 Å². The number of amides is 2. The van der Waals surface area contributed by atoms with Crippen molar-refractivity contribution in [2.24, 2.45) is 5.84 Å². The zero-order chi connectivity index (χ0) is 14.3. The quantitative estimate of drug-likeness (QED) is 0.364. The highest BCUT2D eigenvalue weighted by Crippen LogP contribution is 2.07. The zero-order valence-corrected chi connectivity index (χ0v) is 11.3. The van der Waals surface area contributed by atoms with E-state index in [4.69, 9.17) is 5.84 Å². The predicted molar refractivity (Wildman–Crippen MR) is 72.9 cm³/mol. The molecule has 6 heteroatoms. The van der Waals surface area contributed by atoms with E-state index < -0.39 is 0 Å². The van der Waals surface area contributed by atoms with Crippen LogP contribution in [0.15, 0.2) is 24.3 Å². The van der Waals surface area contributed by atoms with Crippen LogP contribution in [-0.2, 0) is 22.6 Å². The molecule has 1 aromatic carbocycles. The van der Waals surface area contributed by atoms with Crippen LogP contribution < -0.4 is 16.6 Å². The molecule has 0 fully saturated rings. The normalized spacial score (nSPS) is 10.3. The van der Waals surface area contributed by atoms with Crippen LogP contribution in [0.4, 0.5) is 0 Å². The van der Waals surface area contributed by atoms with Gasteiger partial charge in [0.05, 0.1) is 13.0 Å². The highest BCUT2D eigenvalue weighted by molar-refractivity contribution is 5.78. The lowest BCUT2D eigenvalue weighted by Gasteiger charge is -2.15. The molecule has 19 heavy (non-hydrogen) atoms. The molecule has 0 saturated carbocycles. The van der Waals surface area contributed by atoms with Crippen molar-refractivity contribution in [3.63, 3.8) is 0 Å². The Hall–Kier alpha value is -1.92. The molecule has 1 rings (SSSR count). The molecule has 0 radical (unpaired) electrons. The third kappa shape index (κ3) is 5.50. The largest absolute Gasteiger partial charge is 0.358 e. The number of rotatable bonds is 6. The smallest absolute Gasteiger partial charge is 0.238 e. The van der Waals surface area contributed by atoms with Crippen molar-refractivity contribution in [1.29, 1.82) is 0 Å². The monoisotopic (exact) mass is 264 g/mol. The fourth-order valence-electron chi connectivity index (χ4n) is 1.69. The van der Waals surface area contributed by atoms with Crippen LogP contribution in [0, 0.1) is 0 Å². The number of nitrogens with two attached hydrogens (primary N) is 1. The molecule has 0 aromatic heterocycles. The summed E-state index contributed by atoms with van der Waals surface area (Å²) in [5.74, 6) is 4.80. The molecule has 4 N–H and O–H groups in total. The Morgan fingerprint density at radius 1 is 1.16 bits per heavy atom. The summed E-state index contributed by atoms with van der Waals surface area (Å²) in [7, 11) is 3.50. The van der Waals surface area contributed by atoms with Gasteiger partial charge >= 0.3 is 0 Å². The van der Waals surface area contributed by atoms with E-state index in [2.05, 4.69) is 10.7 Å². The lowest BCUT2D eigenvalue weighted by molar-refractivity contribution is -0.122. The molecule has 0 bridgehead atoms. The Morgan fingerprint density at radius 3 is 2.26 bits per heavy atom. The van der Waals surface area contributed by atoms with E-state index in [9.17, 15) is 9.59 Å². The van der Waals surface area contributed by atoms with Gasteiger partial charge in [0.25, 0.3) is 0 Å². The molecule has 104 valence electrons. The molecule has 0 atom stereocenters. The fourth-order valence-corrected chi connectivity index (χ4v) is 1.69. The summed E-state index contributed by atoms with van der Waals surface area (Å²) < 4.78 is 0. The maximum absolute atomic E-state index is 11.2. The first-order valence-corrected chi connectivity index (χ1v) is 6.01. The van der Waals surface area contributed by atoms with Gasteiger partial charge in [0, 0.05) is 13.6 Å². The molecule has 0 heterocycles. The molecule has 6 nitrogen and oxygen atoms in total. The second-order valence-electron chi connectivity index (χ2n) is 4.41. The van der Waals surface area contributed by atoms with Crippen molar-refractivity contribution in [1.82, 2.24) is 15.6 Å². The molecular formula is C13H20N4O2. The molecule has 2 amide bonds. The molecular weight excluding hydrogens is 244 g/mol. The highest BCUT2D eigenvalue weighted by Gasteiger charge is 2.06. The minimum absolute atomic E-state index is 0.0151. The maximum Gasteiger partial charge on any atom is 0.238 e. The number of nitrogens with zero attached hydrogens (tertiary/aromatic N) is 1. The molecule has 0 saturated heterocycles. The van der Waals surface area contributed by atoms with Crippen molar-refractivity contribution in [3.05, 3.63) is 35.4 Å². The Kier molecular flexibility index (Phi) is 5.98. The number of carbonyl (C=O) groups excluding carboxylic acids is 2. The standard InChI is InChI=1S/C13H20N4O2/c1-15-13(19)9-17(2)8-11-5-3-10(4-6-11)7-12(18)16-14/h3-6H,7-9,14H2,1-2H3,(H,15,19)(H,16,18). The maximum atomic E-state index is 11.2. The topological polar surface area (TPSA) is 87.5 Å². The number of likely N-dealkylation sites (N-methyl/N-ethyl adjacent to an activating group) is 2. The van der Waals surface area contributed by atoms with Gasteiger partial charge in [-0.2, -0.15) is 0 Å². The van der Waals surface area contributed by atoms with Crippen LogP contribution in [0.3, 0.4) is 0 Å². The minimum atomic E-state index is -0.218. The van der Waals surface area contributed by atoms with Crippen LogP contribution in [0.2, 0.25) is 0 Å². The Labute approximate surface area is 112 Å². The number of carbonyl (C=O) groups is 2. The number of hydrazine groups is 1. The van der Waals surface area contributed by atoms with Crippen molar-refractivity contribution in [2.75, 3.05) is 20.6 Å². The van der Waals surface area contributed by atoms with Crippen LogP contribution >= 0.6 is 0 Å². The third-order valence-electron chi connectivity index (χ3n) is 2.69. The van der Waals surface area contributed by atoms with Crippen LogP contribution in [0.25, 0.3) is 0 Å². The number of benzene rings is 1. The average Bonchev–Trinajstić information content (AvgIpc) is 2.40. The molecule has 0 unspecified atom stereocenters. The van der Waals surface area contributed by atoms with Gasteiger partial charge in [-0.25, -0.2) is 5.84 Å². The fraction of sp³-hybridized carbons (Fsp3) is 0.385. The first-order chi connectivity index (χ1) is 9.05. The van der Waals surface area contributed by atoms with Gasteiger partial charge in [0.2, 0.25) is 11.8 Å². The molecule has 0 spiro atoms. The summed E-state index contributed by atoms with van der Waals surface area (Å²) in [4.78, 5) is 24.2. The van der Waals surface area contributed by atoms with Gasteiger partial charge in [-0.3, -0.25) is 19.9 Å². The van der Waals surface area contributed by atoms with Crippen LogP contribution in [-0.4, -0.2) is 37.4 Å². The first kappa shape index (κ1) is 15.1. The summed E-state index contributed by atoms with van der Waals surface area (Å²) in [6.45, 7) is 1.03. The Balaban J connectivity index is 2.52. The summed E-state index contributed by atoms with van der Waals surface area (Å²) in [6, 6.07) is 7.66. The lowest BCUT2D eigenvalue weighted by Crippen LogP contribution is -2.32. The third-order valence-corrected chi connectivity index (χ3v) is 2.69. The van der Waals surface area contributed by atoms with E-state index in [1.165, 1.54) is 0 Å². The first-order valence-electron chi connectivity index (χ1n) is 6.01. The number of hydrogen-bond acceptors (Lipinski definition) is 4. The van der Waals surface area contributed by atoms with Gasteiger partial charge < -0.3 is 5.32 Å². The SMILES string of the molecule is CNC(=O)CN(C)Cc1ccc(CC(=O)NN)cc1. The second-order valence-corrected chi connectivity index (χ2v) is 4.41. The van der Waals surface area contributed by atoms with Crippen molar-refractivity contribution in [2.45, 2.75) is 13.0 Å². The zero-order valence-electron chi connectivity index (χ0n) is 11.3. The van der Waals surface area contributed by atoms with Gasteiger partial charge in [-0.1, -0.05) is 24.3 Å². The van der Waals surface area contributed by atoms with Crippen LogP contribution in [0.5, 0.6) is 0 Å². The summed E-state index contributed by atoms with van der Waals surface area (Å²) in [5, 5.41) is 2.58. The van der Waals surface area contributed by atoms with Gasteiger partial charge in [0.15, 0.2) is 0 Å². The average molecular weight is 264 g/mol. The highest BCUT2D eigenvalue weighted by atomic mass is 16.2. The summed E-state index contributed by atoms with van der Waals surface area (Å²) in [6.07, 6.45) is 0.269. The van der Waals surface area contributed by atoms with Gasteiger partial charge in [0.1, 0.15) is 0 Å². The van der Waals surface area contributed by atoms with E-state index in [0.717, 1.165) is 11.1 Å². The second kappa shape index (κ2) is 7.50. The van der Waals surface area contributed by atoms with Crippen molar-refractivity contribution < 1.29 is 9.59 Å².